The molecular formula is C31H28F4N2O4. The summed E-state index contributed by atoms with van der Waals surface area (Å²) in [6, 6.07) is 16.9. The Morgan fingerprint density at radius 2 is 1.73 bits per heavy atom. The van der Waals surface area contributed by atoms with Gasteiger partial charge in [0.2, 0.25) is 0 Å². The Labute approximate surface area is 234 Å². The lowest BCUT2D eigenvalue weighted by molar-refractivity contribution is -0.138. The summed E-state index contributed by atoms with van der Waals surface area (Å²) in [6.07, 6.45) is -3.26. The van der Waals surface area contributed by atoms with Crippen molar-refractivity contribution in [1.82, 2.24) is 10.2 Å². The van der Waals surface area contributed by atoms with Crippen molar-refractivity contribution < 1.29 is 36.6 Å². The number of hydrogen-bond acceptors (Lipinski definition) is 4. The van der Waals surface area contributed by atoms with Gasteiger partial charge in [-0.15, -0.1) is 0 Å². The van der Waals surface area contributed by atoms with Crippen LogP contribution in [0.25, 0.3) is 5.57 Å². The third-order valence-corrected chi connectivity index (χ3v) is 7.50. The number of carbonyl (C=O) groups excluding carboxylic acids is 2. The van der Waals surface area contributed by atoms with Crippen molar-refractivity contribution in [2.75, 3.05) is 7.11 Å². The summed E-state index contributed by atoms with van der Waals surface area (Å²) in [4.78, 5) is 28.0. The zero-order valence-corrected chi connectivity index (χ0v) is 22.2. The predicted molar refractivity (Wildman–Crippen MR) is 143 cm³/mol. The molecule has 5 rings (SSSR count). The molecular weight excluding hydrogens is 540 g/mol. The maximum absolute atomic E-state index is 14.3. The lowest BCUT2D eigenvalue weighted by Crippen LogP contribution is -2.50. The second-order valence-corrected chi connectivity index (χ2v) is 9.97. The van der Waals surface area contributed by atoms with Gasteiger partial charge in [0.05, 0.1) is 24.3 Å². The third kappa shape index (κ3) is 5.91. The van der Waals surface area contributed by atoms with Gasteiger partial charge in [-0.3, -0.25) is 0 Å². The van der Waals surface area contributed by atoms with Crippen LogP contribution in [0.3, 0.4) is 0 Å². The number of nitrogens with zero attached hydrogens (tertiary/aromatic N) is 1. The van der Waals surface area contributed by atoms with Crippen LogP contribution >= 0.6 is 0 Å². The summed E-state index contributed by atoms with van der Waals surface area (Å²) in [7, 11) is 1.24. The quantitative estimate of drug-likeness (QED) is 0.261. The minimum Gasteiger partial charge on any atom is -0.488 e. The zero-order chi connectivity index (χ0) is 29.1. The van der Waals surface area contributed by atoms with Gasteiger partial charge in [-0.05, 0) is 54.2 Å². The summed E-state index contributed by atoms with van der Waals surface area (Å²) in [5, 5.41) is 2.61. The SMILES string of the molecule is COC(=O)C1=C(c2ccc(F)cc2OCc2ccccc2)C[C@@H]2CC[C@H]1N2C(=O)NCc1ccccc1C(F)(F)F. The summed E-state index contributed by atoms with van der Waals surface area (Å²) in [6.45, 7) is -0.150. The molecule has 0 unspecified atom stereocenters. The van der Waals surface area contributed by atoms with E-state index in [0.717, 1.165) is 11.6 Å². The maximum Gasteiger partial charge on any atom is 0.416 e. The fourth-order valence-corrected chi connectivity index (χ4v) is 5.66. The number of amides is 2. The van der Waals surface area contributed by atoms with Crippen molar-refractivity contribution >= 4 is 17.6 Å². The van der Waals surface area contributed by atoms with Gasteiger partial charge in [0.15, 0.2) is 0 Å². The summed E-state index contributed by atoms with van der Waals surface area (Å²) in [5.41, 5.74) is 1.37. The zero-order valence-electron chi connectivity index (χ0n) is 22.2. The number of esters is 1. The Hall–Kier alpha value is -4.34. The van der Waals surface area contributed by atoms with Crippen LogP contribution in [0.5, 0.6) is 5.75 Å². The Balaban J connectivity index is 1.44. The van der Waals surface area contributed by atoms with Crippen molar-refractivity contribution in [1.29, 1.82) is 0 Å². The number of methoxy groups -OCH3 is 1. The molecule has 0 aliphatic carbocycles. The molecule has 2 atom stereocenters. The molecule has 0 saturated carbocycles. The van der Waals surface area contributed by atoms with Gasteiger partial charge in [0.1, 0.15) is 18.2 Å². The van der Waals surface area contributed by atoms with Crippen LogP contribution in [0.2, 0.25) is 0 Å². The molecule has 0 aromatic heterocycles. The van der Waals surface area contributed by atoms with Gasteiger partial charge in [0, 0.05) is 24.2 Å². The normalized spacial score (nSPS) is 18.3. The fraction of sp³-hybridized carbons (Fsp3) is 0.290. The second-order valence-electron chi connectivity index (χ2n) is 9.97. The Kier molecular flexibility index (Phi) is 8.01. The largest absolute Gasteiger partial charge is 0.488 e. The van der Waals surface area contributed by atoms with E-state index in [0.29, 0.717) is 24.0 Å². The molecule has 1 saturated heterocycles. The fourth-order valence-electron chi connectivity index (χ4n) is 5.66. The van der Waals surface area contributed by atoms with E-state index in [1.165, 1.54) is 42.3 Å². The number of urea groups is 1. The molecule has 41 heavy (non-hydrogen) atoms. The van der Waals surface area contributed by atoms with Crippen LogP contribution in [0.1, 0.15) is 41.5 Å². The first-order valence-corrected chi connectivity index (χ1v) is 13.2. The van der Waals surface area contributed by atoms with Crippen molar-refractivity contribution in [3.05, 3.63) is 106 Å². The molecule has 1 fully saturated rings. The standard InChI is InChI=1S/C31H28F4N2O4/c1-40-29(38)28-24(23-13-11-21(32)15-27(23)41-18-19-7-3-2-4-8-19)16-22-12-14-26(28)37(22)30(39)36-17-20-9-5-6-10-25(20)31(33,34)35/h2-11,13,15,22,26H,12,14,16-18H2,1H3,(H,36,39)/t22-,26+/m0/s1. The third-order valence-electron chi connectivity index (χ3n) is 7.50. The van der Waals surface area contributed by atoms with E-state index < -0.39 is 35.6 Å². The number of carbonyl (C=O) groups is 2. The first kappa shape index (κ1) is 28.2. The number of hydrogen-bond donors (Lipinski definition) is 1. The van der Waals surface area contributed by atoms with Crippen molar-refractivity contribution in [2.45, 2.75) is 50.7 Å². The van der Waals surface area contributed by atoms with Crippen molar-refractivity contribution in [3.8, 4) is 5.75 Å². The van der Waals surface area contributed by atoms with Crippen LogP contribution < -0.4 is 10.1 Å². The van der Waals surface area contributed by atoms with Gasteiger partial charge in [-0.2, -0.15) is 13.2 Å². The minimum absolute atomic E-state index is 0.0614. The van der Waals surface area contributed by atoms with E-state index in [-0.39, 0.29) is 42.5 Å². The van der Waals surface area contributed by atoms with E-state index >= 15 is 0 Å². The molecule has 3 aromatic rings. The molecule has 10 heteroatoms. The van der Waals surface area contributed by atoms with Crippen molar-refractivity contribution in [2.24, 2.45) is 0 Å². The summed E-state index contributed by atoms with van der Waals surface area (Å²) in [5.74, 6) is -0.883. The first-order valence-electron chi connectivity index (χ1n) is 13.2. The van der Waals surface area contributed by atoms with Gasteiger partial charge >= 0.3 is 18.2 Å². The first-order chi connectivity index (χ1) is 19.7. The highest BCUT2D eigenvalue weighted by molar-refractivity contribution is 6.01. The molecule has 2 amide bonds. The molecule has 6 nitrogen and oxygen atoms in total. The smallest absolute Gasteiger partial charge is 0.416 e. The molecule has 0 radical (unpaired) electrons. The van der Waals surface area contributed by atoms with E-state index in [9.17, 15) is 27.2 Å². The number of benzene rings is 3. The van der Waals surface area contributed by atoms with Crippen LogP contribution in [-0.2, 0) is 28.9 Å². The molecule has 2 aliphatic heterocycles. The van der Waals surface area contributed by atoms with Crippen LogP contribution in [0.15, 0.2) is 78.4 Å². The number of ether oxygens (including phenoxy) is 2. The van der Waals surface area contributed by atoms with Gasteiger partial charge < -0.3 is 19.7 Å². The maximum atomic E-state index is 14.3. The lowest BCUT2D eigenvalue weighted by Gasteiger charge is -2.37. The number of rotatable bonds is 7. The molecule has 2 aliphatic rings. The molecule has 214 valence electrons. The molecule has 2 heterocycles. The monoisotopic (exact) mass is 568 g/mol. The number of fused-ring (bicyclic) bond motifs is 2. The number of nitrogens with one attached hydrogen (secondary N) is 1. The van der Waals surface area contributed by atoms with E-state index in [2.05, 4.69) is 5.32 Å². The Bertz CT molecular complexity index is 1470. The van der Waals surface area contributed by atoms with E-state index in [1.54, 1.807) is 6.07 Å². The van der Waals surface area contributed by atoms with E-state index in [1.807, 2.05) is 30.3 Å². The highest BCUT2D eigenvalue weighted by Crippen LogP contribution is 2.45. The predicted octanol–water partition coefficient (Wildman–Crippen LogP) is 6.50. The van der Waals surface area contributed by atoms with Gasteiger partial charge in [-0.25, -0.2) is 14.0 Å². The van der Waals surface area contributed by atoms with Crippen LogP contribution in [0, 0.1) is 5.82 Å². The Morgan fingerprint density at radius 3 is 2.46 bits per heavy atom. The number of alkyl halides is 3. The molecule has 0 spiro atoms. The van der Waals surface area contributed by atoms with Crippen LogP contribution in [0.4, 0.5) is 22.4 Å². The summed E-state index contributed by atoms with van der Waals surface area (Å²) < 4.78 is 65.7. The molecule has 2 bridgehead atoms. The number of halogens is 4. The highest BCUT2D eigenvalue weighted by atomic mass is 19.4. The average molecular weight is 569 g/mol. The topological polar surface area (TPSA) is 67.9 Å². The lowest BCUT2D eigenvalue weighted by atomic mass is 9.88. The Morgan fingerprint density at radius 1 is 1.00 bits per heavy atom. The highest BCUT2D eigenvalue weighted by Gasteiger charge is 2.47. The van der Waals surface area contributed by atoms with Gasteiger partial charge in [0.25, 0.3) is 0 Å². The second kappa shape index (κ2) is 11.6. The molecule has 1 N–H and O–H groups in total. The molecule has 3 aromatic carbocycles. The van der Waals surface area contributed by atoms with Crippen LogP contribution in [-0.4, -0.2) is 36.1 Å². The van der Waals surface area contributed by atoms with Gasteiger partial charge in [-0.1, -0.05) is 48.5 Å². The van der Waals surface area contributed by atoms with Crippen molar-refractivity contribution in [3.63, 3.8) is 0 Å². The minimum atomic E-state index is -4.56. The average Bonchev–Trinajstić information content (AvgIpc) is 3.28. The van der Waals surface area contributed by atoms with E-state index in [4.69, 9.17) is 9.47 Å². The summed E-state index contributed by atoms with van der Waals surface area (Å²) >= 11 is 0.